The van der Waals surface area contributed by atoms with E-state index in [0.29, 0.717) is 17.2 Å². The molecule has 1 heterocycles. The average Bonchev–Trinajstić information content (AvgIpc) is 3.12. The Labute approximate surface area is 151 Å². The van der Waals surface area contributed by atoms with Gasteiger partial charge in [-0.3, -0.25) is 9.59 Å². The summed E-state index contributed by atoms with van der Waals surface area (Å²) in [7, 11) is 0. The Morgan fingerprint density at radius 2 is 1.84 bits per heavy atom. The topological polar surface area (TPSA) is 69.6 Å². The molecule has 1 saturated heterocycles. The molecule has 130 valence electrons. The van der Waals surface area contributed by atoms with Gasteiger partial charge in [0.1, 0.15) is 11.8 Å². The fraction of sp³-hybridized carbons (Fsp3) is 0.263. The molecule has 0 aromatic heterocycles. The molecule has 3 rings (SSSR count). The Kier molecular flexibility index (Phi) is 5.28. The smallest absolute Gasteiger partial charge is 0.255 e. The summed E-state index contributed by atoms with van der Waals surface area (Å²) in [5.41, 5.74) is 1.49. The van der Waals surface area contributed by atoms with Crippen LogP contribution in [-0.2, 0) is 4.79 Å². The Morgan fingerprint density at radius 1 is 1.16 bits per heavy atom. The van der Waals surface area contributed by atoms with Crippen molar-refractivity contribution in [1.29, 1.82) is 0 Å². The summed E-state index contributed by atoms with van der Waals surface area (Å²) in [5.74, 6) is 1.01. The lowest BCUT2D eigenvalue weighted by atomic mass is 10.1. The standard InChI is InChI=1S/C19H20N2O3S/c1-13(14-7-9-16(22)10-8-14)20-18(23)17-11-25-12-21(17)19(24)15-5-3-2-4-6-15/h2-10,13,17,22H,11-12H2,1H3,(H,20,23). The number of aromatic hydroxyl groups is 1. The summed E-state index contributed by atoms with van der Waals surface area (Å²) in [5, 5.41) is 12.3. The highest BCUT2D eigenvalue weighted by atomic mass is 32.2. The van der Waals surface area contributed by atoms with E-state index in [1.54, 1.807) is 53.1 Å². The molecular weight excluding hydrogens is 336 g/mol. The van der Waals surface area contributed by atoms with Crippen LogP contribution in [0.1, 0.15) is 28.9 Å². The third kappa shape index (κ3) is 3.96. The van der Waals surface area contributed by atoms with Crippen LogP contribution in [0, 0.1) is 0 Å². The van der Waals surface area contributed by atoms with Crippen LogP contribution in [0.4, 0.5) is 0 Å². The first kappa shape index (κ1) is 17.4. The van der Waals surface area contributed by atoms with Crippen LogP contribution in [0.2, 0.25) is 0 Å². The molecule has 6 heteroatoms. The monoisotopic (exact) mass is 356 g/mol. The molecule has 0 saturated carbocycles. The fourth-order valence-corrected chi connectivity index (χ4v) is 3.92. The molecule has 1 aliphatic heterocycles. The first-order valence-corrected chi connectivity index (χ1v) is 9.25. The minimum atomic E-state index is -0.475. The minimum absolute atomic E-state index is 0.122. The maximum absolute atomic E-state index is 12.7. The number of benzene rings is 2. The number of hydrogen-bond acceptors (Lipinski definition) is 4. The number of phenolic OH excluding ortho intramolecular Hbond substituents is 1. The van der Waals surface area contributed by atoms with Crippen LogP contribution in [-0.4, -0.2) is 39.5 Å². The van der Waals surface area contributed by atoms with Crippen LogP contribution >= 0.6 is 11.8 Å². The quantitative estimate of drug-likeness (QED) is 0.884. The maximum Gasteiger partial charge on any atom is 0.255 e. The molecule has 1 aliphatic rings. The van der Waals surface area contributed by atoms with Crippen molar-refractivity contribution in [2.24, 2.45) is 0 Å². The third-order valence-electron chi connectivity index (χ3n) is 4.22. The maximum atomic E-state index is 12.7. The van der Waals surface area contributed by atoms with E-state index in [1.807, 2.05) is 25.1 Å². The van der Waals surface area contributed by atoms with Crippen molar-refractivity contribution in [3.63, 3.8) is 0 Å². The van der Waals surface area contributed by atoms with Gasteiger partial charge in [0.15, 0.2) is 0 Å². The van der Waals surface area contributed by atoms with Gasteiger partial charge < -0.3 is 15.3 Å². The number of carbonyl (C=O) groups is 2. The molecule has 5 nitrogen and oxygen atoms in total. The molecule has 0 aliphatic carbocycles. The molecule has 2 unspecified atom stereocenters. The van der Waals surface area contributed by atoms with E-state index in [4.69, 9.17) is 0 Å². The summed E-state index contributed by atoms with van der Waals surface area (Å²) < 4.78 is 0. The normalized spacial score (nSPS) is 18.0. The summed E-state index contributed by atoms with van der Waals surface area (Å²) in [4.78, 5) is 27.0. The number of rotatable bonds is 4. The zero-order valence-electron chi connectivity index (χ0n) is 13.9. The summed E-state index contributed by atoms with van der Waals surface area (Å²) >= 11 is 1.58. The number of nitrogens with zero attached hydrogens (tertiary/aromatic N) is 1. The van der Waals surface area contributed by atoms with E-state index in [0.717, 1.165) is 5.56 Å². The highest BCUT2D eigenvalue weighted by Gasteiger charge is 2.35. The first-order valence-electron chi connectivity index (χ1n) is 8.09. The number of amides is 2. The molecule has 1 fully saturated rings. The molecule has 2 N–H and O–H groups in total. The molecule has 2 amide bonds. The zero-order valence-corrected chi connectivity index (χ0v) is 14.7. The molecule has 0 spiro atoms. The van der Waals surface area contributed by atoms with Gasteiger partial charge in [0.2, 0.25) is 5.91 Å². The van der Waals surface area contributed by atoms with E-state index >= 15 is 0 Å². The van der Waals surface area contributed by atoms with Crippen molar-refractivity contribution in [3.8, 4) is 5.75 Å². The minimum Gasteiger partial charge on any atom is -0.508 e. The average molecular weight is 356 g/mol. The Bertz CT molecular complexity index is 749. The van der Waals surface area contributed by atoms with E-state index in [1.165, 1.54) is 0 Å². The van der Waals surface area contributed by atoms with Crippen LogP contribution in [0.5, 0.6) is 5.75 Å². The Hall–Kier alpha value is -2.47. The van der Waals surface area contributed by atoms with E-state index in [-0.39, 0.29) is 23.6 Å². The Balaban J connectivity index is 1.68. The van der Waals surface area contributed by atoms with Crippen LogP contribution in [0.15, 0.2) is 54.6 Å². The Morgan fingerprint density at radius 3 is 2.52 bits per heavy atom. The third-order valence-corrected chi connectivity index (χ3v) is 5.23. The van der Waals surface area contributed by atoms with Gasteiger partial charge in [0.05, 0.1) is 11.9 Å². The van der Waals surface area contributed by atoms with Crippen molar-refractivity contribution >= 4 is 23.6 Å². The van der Waals surface area contributed by atoms with Gasteiger partial charge in [0.25, 0.3) is 5.91 Å². The van der Waals surface area contributed by atoms with E-state index in [9.17, 15) is 14.7 Å². The number of nitrogens with one attached hydrogen (secondary N) is 1. The van der Waals surface area contributed by atoms with Gasteiger partial charge >= 0.3 is 0 Å². The number of carbonyl (C=O) groups excluding carboxylic acids is 2. The summed E-state index contributed by atoms with van der Waals surface area (Å²) in [6, 6.07) is 15.1. The van der Waals surface area contributed by atoms with Gasteiger partial charge in [-0.1, -0.05) is 30.3 Å². The van der Waals surface area contributed by atoms with Gasteiger partial charge in [-0.25, -0.2) is 0 Å². The molecule has 0 bridgehead atoms. The summed E-state index contributed by atoms with van der Waals surface area (Å²) in [6.07, 6.45) is 0. The van der Waals surface area contributed by atoms with Gasteiger partial charge in [-0.15, -0.1) is 11.8 Å². The SMILES string of the molecule is CC(NC(=O)C1CSCN1C(=O)c1ccccc1)c1ccc(O)cc1. The largest absolute Gasteiger partial charge is 0.508 e. The molecular formula is C19H20N2O3S. The highest BCUT2D eigenvalue weighted by molar-refractivity contribution is 7.99. The fourth-order valence-electron chi connectivity index (χ4n) is 2.76. The first-order chi connectivity index (χ1) is 12.1. The van der Waals surface area contributed by atoms with Gasteiger partial charge in [0, 0.05) is 11.3 Å². The molecule has 2 aromatic rings. The van der Waals surface area contributed by atoms with Crippen LogP contribution in [0.25, 0.3) is 0 Å². The molecule has 2 atom stereocenters. The van der Waals surface area contributed by atoms with Crippen LogP contribution in [0.3, 0.4) is 0 Å². The van der Waals surface area contributed by atoms with Crippen molar-refractivity contribution in [2.75, 3.05) is 11.6 Å². The lowest BCUT2D eigenvalue weighted by Gasteiger charge is -2.25. The lowest BCUT2D eigenvalue weighted by molar-refractivity contribution is -0.125. The van der Waals surface area contributed by atoms with Crippen LogP contribution < -0.4 is 5.32 Å². The number of thioether (sulfide) groups is 1. The van der Waals surface area contributed by atoms with Gasteiger partial charge in [-0.05, 0) is 36.8 Å². The van der Waals surface area contributed by atoms with E-state index in [2.05, 4.69) is 5.32 Å². The number of hydrogen-bond donors (Lipinski definition) is 2. The second kappa shape index (κ2) is 7.61. The van der Waals surface area contributed by atoms with Crippen molar-refractivity contribution in [1.82, 2.24) is 10.2 Å². The number of phenols is 1. The predicted molar refractivity (Wildman–Crippen MR) is 98.4 cm³/mol. The predicted octanol–water partition coefficient (Wildman–Crippen LogP) is 2.78. The highest BCUT2D eigenvalue weighted by Crippen LogP contribution is 2.24. The second-order valence-electron chi connectivity index (χ2n) is 5.98. The molecule has 0 radical (unpaired) electrons. The second-order valence-corrected chi connectivity index (χ2v) is 6.98. The van der Waals surface area contributed by atoms with Gasteiger partial charge in [-0.2, -0.15) is 0 Å². The lowest BCUT2D eigenvalue weighted by Crippen LogP contribution is -2.47. The van der Waals surface area contributed by atoms with E-state index < -0.39 is 6.04 Å². The summed E-state index contributed by atoms with van der Waals surface area (Å²) in [6.45, 7) is 1.88. The molecule has 25 heavy (non-hydrogen) atoms. The van der Waals surface area contributed by atoms with Crippen molar-refractivity contribution in [3.05, 3.63) is 65.7 Å². The van der Waals surface area contributed by atoms with Crippen molar-refractivity contribution < 1.29 is 14.7 Å². The molecule has 2 aromatic carbocycles. The zero-order chi connectivity index (χ0) is 17.8. The van der Waals surface area contributed by atoms with Crippen molar-refractivity contribution in [2.45, 2.75) is 19.0 Å².